The quantitative estimate of drug-likeness (QED) is 0.691. The number of alkyl halides is 3. The van der Waals surface area contributed by atoms with Gasteiger partial charge in [-0.05, 0) is 6.42 Å². The van der Waals surface area contributed by atoms with Gasteiger partial charge in [0.15, 0.2) is 0 Å². The van der Waals surface area contributed by atoms with Crippen LogP contribution < -0.4 is 5.73 Å². The normalized spacial score (nSPS) is 25.5. The molecule has 1 fully saturated rings. The Balaban J connectivity index is 0.00000121. The average Bonchev–Trinajstić information content (AvgIpc) is 2.10. The Morgan fingerprint density at radius 3 is 2.33 bits per heavy atom. The first-order valence-electron chi connectivity index (χ1n) is 3.52. The molecule has 0 aromatic rings. The minimum Gasteiger partial charge on any atom is -0.326 e. The number of likely N-dealkylation sites (tertiary alicyclic amines) is 1. The fraction of sp³-hybridized carbons (Fsp3) is 1.00. The van der Waals surface area contributed by atoms with E-state index in [0.29, 0.717) is 19.5 Å². The van der Waals surface area contributed by atoms with Gasteiger partial charge in [-0.2, -0.15) is 13.2 Å². The second kappa shape index (κ2) is 4.30. The Morgan fingerprint density at radius 1 is 1.42 bits per heavy atom. The van der Waals surface area contributed by atoms with Crippen molar-refractivity contribution >= 4 is 12.4 Å². The van der Waals surface area contributed by atoms with Crippen LogP contribution in [0.3, 0.4) is 0 Å². The van der Waals surface area contributed by atoms with Gasteiger partial charge in [-0.3, -0.25) is 4.90 Å². The van der Waals surface area contributed by atoms with Crippen LogP contribution in [0.1, 0.15) is 6.42 Å². The SMILES string of the molecule is Cl.NC1CCN(CC(F)(F)F)C1. The zero-order valence-corrected chi connectivity index (χ0v) is 7.29. The molecule has 6 heteroatoms. The monoisotopic (exact) mass is 204 g/mol. The summed E-state index contributed by atoms with van der Waals surface area (Å²) in [5.74, 6) is 0. The second-order valence-corrected chi connectivity index (χ2v) is 2.90. The highest BCUT2D eigenvalue weighted by molar-refractivity contribution is 5.85. The van der Waals surface area contributed by atoms with Crippen molar-refractivity contribution in [3.63, 3.8) is 0 Å². The molecule has 2 nitrogen and oxygen atoms in total. The Bertz CT molecular complexity index is 139. The Labute approximate surface area is 75.3 Å². The van der Waals surface area contributed by atoms with Crippen LogP contribution in [0.4, 0.5) is 13.2 Å². The van der Waals surface area contributed by atoms with E-state index in [0.717, 1.165) is 0 Å². The smallest absolute Gasteiger partial charge is 0.326 e. The lowest BCUT2D eigenvalue weighted by Crippen LogP contribution is -2.34. The van der Waals surface area contributed by atoms with E-state index in [2.05, 4.69) is 0 Å². The van der Waals surface area contributed by atoms with Gasteiger partial charge in [0.2, 0.25) is 0 Å². The number of halogens is 4. The standard InChI is InChI=1S/C6H11F3N2.ClH/c7-6(8,9)4-11-2-1-5(10)3-11;/h5H,1-4,10H2;1H. The maximum atomic E-state index is 11.8. The van der Waals surface area contributed by atoms with Crippen LogP contribution >= 0.6 is 12.4 Å². The third kappa shape index (κ3) is 4.13. The first-order valence-corrected chi connectivity index (χ1v) is 3.52. The number of hydrogen-bond donors (Lipinski definition) is 1. The van der Waals surface area contributed by atoms with Crippen molar-refractivity contribution in [2.45, 2.75) is 18.6 Å². The van der Waals surface area contributed by atoms with Crippen molar-refractivity contribution in [2.75, 3.05) is 19.6 Å². The molecule has 0 radical (unpaired) electrons. The molecule has 2 N–H and O–H groups in total. The minimum absolute atomic E-state index is 0. The van der Waals surface area contributed by atoms with Crippen LogP contribution in [0.15, 0.2) is 0 Å². The van der Waals surface area contributed by atoms with Crippen LogP contribution in [0.2, 0.25) is 0 Å². The van der Waals surface area contributed by atoms with Crippen molar-refractivity contribution in [2.24, 2.45) is 5.73 Å². The Hall–Kier alpha value is -0.0000000000000000555. The molecule has 0 aromatic carbocycles. The van der Waals surface area contributed by atoms with Gasteiger partial charge < -0.3 is 5.73 Å². The molecule has 74 valence electrons. The van der Waals surface area contributed by atoms with Gasteiger partial charge in [0.05, 0.1) is 6.54 Å². The summed E-state index contributed by atoms with van der Waals surface area (Å²) >= 11 is 0. The second-order valence-electron chi connectivity index (χ2n) is 2.90. The lowest BCUT2D eigenvalue weighted by atomic mass is 10.3. The summed E-state index contributed by atoms with van der Waals surface area (Å²) in [6.07, 6.45) is -3.40. The highest BCUT2D eigenvalue weighted by Gasteiger charge is 2.33. The summed E-state index contributed by atoms with van der Waals surface area (Å²) in [6.45, 7) is 0.0287. The zero-order valence-electron chi connectivity index (χ0n) is 6.47. The largest absolute Gasteiger partial charge is 0.401 e. The van der Waals surface area contributed by atoms with Gasteiger partial charge in [0.1, 0.15) is 0 Å². The third-order valence-electron chi connectivity index (χ3n) is 1.71. The molecule has 1 atom stereocenters. The Morgan fingerprint density at radius 2 is 2.00 bits per heavy atom. The predicted octanol–water partition coefficient (Wildman–Crippen LogP) is 1.00. The molecule has 1 saturated heterocycles. The number of nitrogens with zero attached hydrogens (tertiary/aromatic N) is 1. The van der Waals surface area contributed by atoms with Crippen molar-refractivity contribution in [1.82, 2.24) is 4.90 Å². The van der Waals surface area contributed by atoms with Crippen molar-refractivity contribution in [3.8, 4) is 0 Å². The molecule has 12 heavy (non-hydrogen) atoms. The summed E-state index contributed by atoms with van der Waals surface area (Å²) in [5.41, 5.74) is 5.43. The lowest BCUT2D eigenvalue weighted by Gasteiger charge is -2.16. The highest BCUT2D eigenvalue weighted by atomic mass is 35.5. The van der Waals surface area contributed by atoms with Gasteiger partial charge in [0.25, 0.3) is 0 Å². The van der Waals surface area contributed by atoms with Crippen molar-refractivity contribution in [1.29, 1.82) is 0 Å². The molecular weight excluding hydrogens is 193 g/mol. The van der Waals surface area contributed by atoms with Crippen LogP contribution in [-0.2, 0) is 0 Å². The summed E-state index contributed by atoms with van der Waals surface area (Å²) < 4.78 is 35.3. The van der Waals surface area contributed by atoms with E-state index in [1.54, 1.807) is 0 Å². The first-order chi connectivity index (χ1) is 4.97. The third-order valence-corrected chi connectivity index (χ3v) is 1.71. The maximum absolute atomic E-state index is 11.8. The van der Waals surface area contributed by atoms with E-state index in [1.807, 2.05) is 0 Å². The molecule has 1 heterocycles. The molecule has 1 aliphatic heterocycles. The van der Waals surface area contributed by atoms with Gasteiger partial charge in [-0.15, -0.1) is 12.4 Å². The van der Waals surface area contributed by atoms with E-state index in [-0.39, 0.29) is 18.4 Å². The van der Waals surface area contributed by atoms with Gasteiger partial charge in [-0.1, -0.05) is 0 Å². The number of nitrogens with two attached hydrogens (primary N) is 1. The topological polar surface area (TPSA) is 29.3 Å². The molecule has 1 rings (SSSR count). The molecule has 0 saturated carbocycles. The number of rotatable bonds is 1. The van der Waals surface area contributed by atoms with E-state index < -0.39 is 12.7 Å². The van der Waals surface area contributed by atoms with Crippen LogP contribution in [0.5, 0.6) is 0 Å². The molecule has 1 aliphatic rings. The summed E-state index contributed by atoms with van der Waals surface area (Å²) in [6, 6.07) is -0.0719. The molecular formula is C6H12ClF3N2. The van der Waals surface area contributed by atoms with E-state index >= 15 is 0 Å². The van der Waals surface area contributed by atoms with E-state index in [9.17, 15) is 13.2 Å². The molecule has 1 unspecified atom stereocenters. The van der Waals surface area contributed by atoms with Gasteiger partial charge >= 0.3 is 6.18 Å². The maximum Gasteiger partial charge on any atom is 0.401 e. The van der Waals surface area contributed by atoms with Crippen molar-refractivity contribution < 1.29 is 13.2 Å². The van der Waals surface area contributed by atoms with Gasteiger partial charge in [0, 0.05) is 19.1 Å². The first kappa shape index (κ1) is 12.0. The zero-order chi connectivity index (χ0) is 8.48. The molecule has 0 bridgehead atoms. The fourth-order valence-corrected chi connectivity index (χ4v) is 1.26. The van der Waals surface area contributed by atoms with Crippen LogP contribution in [0.25, 0.3) is 0 Å². The summed E-state index contributed by atoms with van der Waals surface area (Å²) in [4.78, 5) is 1.34. The number of hydrogen-bond acceptors (Lipinski definition) is 2. The Kier molecular flexibility index (Phi) is 4.30. The summed E-state index contributed by atoms with van der Waals surface area (Å²) in [7, 11) is 0. The lowest BCUT2D eigenvalue weighted by molar-refractivity contribution is -0.143. The van der Waals surface area contributed by atoms with Crippen LogP contribution in [0, 0.1) is 0 Å². The van der Waals surface area contributed by atoms with E-state index in [1.165, 1.54) is 4.90 Å². The van der Waals surface area contributed by atoms with Crippen LogP contribution in [-0.4, -0.2) is 36.8 Å². The summed E-state index contributed by atoms with van der Waals surface area (Å²) in [5, 5.41) is 0. The average molecular weight is 205 g/mol. The molecule has 0 amide bonds. The molecule has 0 spiro atoms. The minimum atomic E-state index is -4.08. The van der Waals surface area contributed by atoms with E-state index in [4.69, 9.17) is 5.73 Å². The van der Waals surface area contributed by atoms with Crippen molar-refractivity contribution in [3.05, 3.63) is 0 Å². The van der Waals surface area contributed by atoms with Gasteiger partial charge in [-0.25, -0.2) is 0 Å². The molecule has 0 aliphatic carbocycles. The predicted molar refractivity (Wildman–Crippen MR) is 42.3 cm³/mol. The molecule has 0 aromatic heterocycles. The fourth-order valence-electron chi connectivity index (χ4n) is 1.26. The highest BCUT2D eigenvalue weighted by Crippen LogP contribution is 2.19.